The molecule has 0 aliphatic rings. The molecule has 18 heavy (non-hydrogen) atoms. The Morgan fingerprint density at radius 3 is 2.61 bits per heavy atom. The van der Waals surface area contributed by atoms with E-state index in [0.717, 1.165) is 5.56 Å². The molecule has 7 heteroatoms. The Labute approximate surface area is 107 Å². The summed E-state index contributed by atoms with van der Waals surface area (Å²) in [5.74, 6) is -0.0716. The third-order valence-electron chi connectivity index (χ3n) is 2.29. The van der Waals surface area contributed by atoms with Crippen LogP contribution in [0.3, 0.4) is 0 Å². The van der Waals surface area contributed by atoms with Crippen molar-refractivity contribution in [2.24, 2.45) is 0 Å². The highest BCUT2D eigenvalue weighted by molar-refractivity contribution is 7.90. The summed E-state index contributed by atoms with van der Waals surface area (Å²) < 4.78 is 32.6. The fraction of sp³-hybridized carbons (Fsp3) is 0.455. The third-order valence-corrected chi connectivity index (χ3v) is 3.36. The average Bonchev–Trinajstić information content (AvgIpc) is 2.25. The lowest BCUT2D eigenvalue weighted by Crippen LogP contribution is -2.32. The lowest BCUT2D eigenvalue weighted by atomic mass is 10.1. The molecule has 0 aromatic heterocycles. The van der Waals surface area contributed by atoms with Crippen molar-refractivity contribution < 1.29 is 18.3 Å². The molecule has 0 amide bonds. The highest BCUT2D eigenvalue weighted by Gasteiger charge is 2.13. The predicted octanol–water partition coefficient (Wildman–Crippen LogP) is 0.902. The van der Waals surface area contributed by atoms with E-state index in [4.69, 9.17) is 4.74 Å². The molecule has 0 fully saturated rings. The number of hydrogen-bond acceptors (Lipinski definition) is 4. The van der Waals surface area contributed by atoms with Gasteiger partial charge in [-0.2, -0.15) is 13.1 Å². The number of methoxy groups -OCH3 is 1. The summed E-state index contributed by atoms with van der Waals surface area (Å²) in [6, 6.07) is 3.34. The van der Waals surface area contributed by atoms with E-state index in [1.165, 1.54) is 7.11 Å². The second kappa shape index (κ2) is 6.03. The zero-order chi connectivity index (χ0) is 13.8. The topological polar surface area (TPSA) is 87.7 Å². The summed E-state index contributed by atoms with van der Waals surface area (Å²) in [5, 5.41) is 9.78. The van der Waals surface area contributed by atoms with Crippen LogP contribution in [0.25, 0.3) is 0 Å². The lowest BCUT2D eigenvalue weighted by molar-refractivity contribution is 0.204. The molecule has 0 saturated heterocycles. The summed E-state index contributed by atoms with van der Waals surface area (Å²) in [5.41, 5.74) is 1.64. The zero-order valence-electron chi connectivity index (χ0n) is 10.6. The van der Waals surface area contributed by atoms with Crippen LogP contribution in [0.2, 0.25) is 0 Å². The van der Waals surface area contributed by atoms with Crippen molar-refractivity contribution in [1.82, 2.24) is 4.72 Å². The van der Waals surface area contributed by atoms with Gasteiger partial charge in [-0.1, -0.05) is 6.07 Å². The van der Waals surface area contributed by atoms with E-state index in [2.05, 4.69) is 9.44 Å². The van der Waals surface area contributed by atoms with Crippen molar-refractivity contribution >= 4 is 15.9 Å². The second-order valence-electron chi connectivity index (χ2n) is 3.97. The number of rotatable bonds is 6. The Balaban J connectivity index is 2.84. The van der Waals surface area contributed by atoms with E-state index < -0.39 is 10.2 Å². The number of hydrogen-bond donors (Lipinski definition) is 3. The highest BCUT2D eigenvalue weighted by Crippen LogP contribution is 2.29. The first kappa shape index (κ1) is 14.7. The van der Waals surface area contributed by atoms with E-state index in [9.17, 15) is 13.5 Å². The molecule has 1 aromatic carbocycles. The van der Waals surface area contributed by atoms with Gasteiger partial charge in [-0.3, -0.25) is 4.72 Å². The molecule has 0 spiro atoms. The zero-order valence-corrected chi connectivity index (χ0v) is 11.5. The first-order valence-corrected chi connectivity index (χ1v) is 6.90. The number of anilines is 1. The normalized spacial score (nSPS) is 11.5. The standard InChI is InChI=1S/C11H18N2O4S/c1-8-6-9(2)11(14)10(7-8)13-18(15,16)12-4-5-17-3/h6-7,12-14H,4-5H2,1-3H3. The largest absolute Gasteiger partial charge is 0.505 e. The van der Waals surface area contributed by atoms with E-state index in [1.807, 2.05) is 6.92 Å². The highest BCUT2D eigenvalue weighted by atomic mass is 32.2. The summed E-state index contributed by atoms with van der Waals surface area (Å²) >= 11 is 0. The van der Waals surface area contributed by atoms with E-state index >= 15 is 0 Å². The molecular formula is C11H18N2O4S. The molecule has 0 saturated carbocycles. The first-order valence-electron chi connectivity index (χ1n) is 5.42. The van der Waals surface area contributed by atoms with Crippen LogP contribution in [-0.4, -0.2) is 33.8 Å². The number of aromatic hydroxyl groups is 1. The van der Waals surface area contributed by atoms with Gasteiger partial charge in [0.05, 0.1) is 12.3 Å². The first-order chi connectivity index (χ1) is 8.35. The number of benzene rings is 1. The molecule has 0 heterocycles. The monoisotopic (exact) mass is 274 g/mol. The van der Waals surface area contributed by atoms with Crippen LogP contribution in [0.5, 0.6) is 5.75 Å². The Hall–Kier alpha value is -1.31. The van der Waals surface area contributed by atoms with Gasteiger partial charge in [0.2, 0.25) is 0 Å². The van der Waals surface area contributed by atoms with Crippen molar-refractivity contribution in [1.29, 1.82) is 0 Å². The lowest BCUT2D eigenvalue weighted by Gasteiger charge is -2.12. The molecule has 6 nitrogen and oxygen atoms in total. The molecule has 0 atom stereocenters. The molecule has 3 N–H and O–H groups in total. The van der Waals surface area contributed by atoms with E-state index in [-0.39, 0.29) is 24.6 Å². The smallest absolute Gasteiger partial charge is 0.299 e. The minimum atomic E-state index is -3.70. The van der Waals surface area contributed by atoms with Gasteiger partial charge in [0, 0.05) is 13.7 Å². The van der Waals surface area contributed by atoms with Crippen LogP contribution in [-0.2, 0) is 14.9 Å². The van der Waals surface area contributed by atoms with Gasteiger partial charge >= 0.3 is 0 Å². The van der Waals surface area contributed by atoms with Gasteiger partial charge in [0.1, 0.15) is 5.75 Å². The van der Waals surface area contributed by atoms with Gasteiger partial charge in [-0.15, -0.1) is 0 Å². The minimum Gasteiger partial charge on any atom is -0.505 e. The maximum absolute atomic E-state index is 11.7. The predicted molar refractivity (Wildman–Crippen MR) is 70.0 cm³/mol. The quantitative estimate of drug-likeness (QED) is 0.531. The molecule has 102 valence electrons. The minimum absolute atomic E-state index is 0.0716. The van der Waals surface area contributed by atoms with E-state index in [0.29, 0.717) is 5.56 Å². The molecule has 0 aliphatic heterocycles. The van der Waals surface area contributed by atoms with Crippen LogP contribution < -0.4 is 9.44 Å². The van der Waals surface area contributed by atoms with Crippen LogP contribution in [0, 0.1) is 13.8 Å². The van der Waals surface area contributed by atoms with Gasteiger partial charge in [-0.05, 0) is 31.0 Å². The van der Waals surface area contributed by atoms with Crippen molar-refractivity contribution in [3.63, 3.8) is 0 Å². The van der Waals surface area contributed by atoms with Crippen molar-refractivity contribution in [3.8, 4) is 5.75 Å². The molecule has 0 aliphatic carbocycles. The number of nitrogens with one attached hydrogen (secondary N) is 2. The SMILES string of the molecule is COCCNS(=O)(=O)Nc1cc(C)cc(C)c1O. The Bertz CT molecular complexity index is 514. The average molecular weight is 274 g/mol. The second-order valence-corrected chi connectivity index (χ2v) is 5.47. The van der Waals surface area contributed by atoms with Crippen molar-refractivity contribution in [2.75, 3.05) is 25.0 Å². The molecule has 0 unspecified atom stereocenters. The van der Waals surface area contributed by atoms with E-state index in [1.54, 1.807) is 19.1 Å². The van der Waals surface area contributed by atoms with Crippen LogP contribution in [0.1, 0.15) is 11.1 Å². The van der Waals surface area contributed by atoms with Gasteiger partial charge in [0.25, 0.3) is 10.2 Å². The third kappa shape index (κ3) is 4.17. The number of phenols is 1. The van der Waals surface area contributed by atoms with Gasteiger partial charge in [0.15, 0.2) is 0 Å². The Kier molecular flexibility index (Phi) is 4.94. The fourth-order valence-corrected chi connectivity index (χ4v) is 2.37. The summed E-state index contributed by atoms with van der Waals surface area (Å²) in [4.78, 5) is 0. The molecular weight excluding hydrogens is 256 g/mol. The van der Waals surface area contributed by atoms with Gasteiger partial charge in [-0.25, -0.2) is 0 Å². The number of ether oxygens (including phenoxy) is 1. The van der Waals surface area contributed by atoms with Crippen LogP contribution >= 0.6 is 0 Å². The van der Waals surface area contributed by atoms with Crippen LogP contribution in [0.15, 0.2) is 12.1 Å². The number of phenolic OH excluding ortho intramolecular Hbond substituents is 1. The maximum Gasteiger partial charge on any atom is 0.299 e. The molecule has 1 aromatic rings. The van der Waals surface area contributed by atoms with Gasteiger partial charge < -0.3 is 9.84 Å². The fourth-order valence-electron chi connectivity index (χ4n) is 1.50. The molecule has 0 bridgehead atoms. The summed E-state index contributed by atoms with van der Waals surface area (Å²) in [7, 11) is -2.22. The summed E-state index contributed by atoms with van der Waals surface area (Å²) in [6.07, 6.45) is 0. The number of aryl methyl sites for hydroxylation is 2. The maximum atomic E-state index is 11.7. The van der Waals surface area contributed by atoms with Crippen LogP contribution in [0.4, 0.5) is 5.69 Å². The molecule has 1 rings (SSSR count). The van der Waals surface area contributed by atoms with Crippen molar-refractivity contribution in [3.05, 3.63) is 23.3 Å². The molecule has 0 radical (unpaired) electrons. The Morgan fingerprint density at radius 2 is 2.00 bits per heavy atom. The summed E-state index contributed by atoms with van der Waals surface area (Å²) in [6.45, 7) is 3.97. The Morgan fingerprint density at radius 1 is 1.33 bits per heavy atom. The van der Waals surface area contributed by atoms with Crippen molar-refractivity contribution in [2.45, 2.75) is 13.8 Å².